The van der Waals surface area contributed by atoms with Gasteiger partial charge in [0.05, 0.1) is 48.0 Å². The van der Waals surface area contributed by atoms with Crippen LogP contribution in [0.3, 0.4) is 0 Å². The van der Waals surface area contributed by atoms with Crippen molar-refractivity contribution in [1.82, 2.24) is 25.4 Å². The van der Waals surface area contributed by atoms with E-state index in [9.17, 15) is 4.79 Å². The monoisotopic (exact) mass is 487 g/mol. The minimum Gasteiger partial charge on any atom is -0.491 e. The second-order valence-corrected chi connectivity index (χ2v) is 8.64. The molecule has 1 amide bonds. The number of hydrogen-bond donors (Lipinski definition) is 1. The molecule has 0 atom stereocenters. The second-order valence-electron chi connectivity index (χ2n) is 7.69. The number of aryl methyl sites for hydroxylation is 1. The van der Waals surface area contributed by atoms with Crippen molar-refractivity contribution in [1.29, 1.82) is 0 Å². The zero-order chi connectivity index (χ0) is 24.4. The molecule has 5 rings (SSSR count). The van der Waals surface area contributed by atoms with Crippen LogP contribution >= 0.6 is 11.3 Å². The van der Waals surface area contributed by atoms with Crippen molar-refractivity contribution in [2.24, 2.45) is 0 Å². The maximum atomic E-state index is 13.5. The number of thiophene rings is 1. The van der Waals surface area contributed by atoms with Gasteiger partial charge in [0.25, 0.3) is 17.5 Å². The maximum absolute atomic E-state index is 13.5. The predicted octanol–water partition coefficient (Wildman–Crippen LogP) is 4.66. The Bertz CT molecular complexity index is 1510. The Morgan fingerprint density at radius 2 is 2.00 bits per heavy atom. The minimum absolute atomic E-state index is 0.184. The average molecular weight is 488 g/mol. The van der Waals surface area contributed by atoms with Crippen LogP contribution in [-0.2, 0) is 6.54 Å². The number of amides is 1. The lowest BCUT2D eigenvalue weighted by molar-refractivity contribution is 0.0952. The highest BCUT2D eigenvalue weighted by atomic mass is 32.1. The van der Waals surface area contributed by atoms with Crippen LogP contribution in [0.5, 0.6) is 11.6 Å². The number of carbonyl (C=O) groups is 1. The minimum atomic E-state index is -0.308. The van der Waals surface area contributed by atoms with Crippen molar-refractivity contribution in [3.05, 3.63) is 71.0 Å². The Morgan fingerprint density at radius 3 is 2.74 bits per heavy atom. The van der Waals surface area contributed by atoms with Crippen molar-refractivity contribution < 1.29 is 18.8 Å². The van der Waals surface area contributed by atoms with E-state index in [2.05, 4.69) is 25.4 Å². The third-order valence-corrected chi connectivity index (χ3v) is 6.22. The van der Waals surface area contributed by atoms with Crippen molar-refractivity contribution in [3.8, 4) is 33.5 Å². The van der Waals surface area contributed by atoms with Crippen LogP contribution in [0.15, 0.2) is 58.7 Å². The molecule has 5 aromatic rings. The van der Waals surface area contributed by atoms with Gasteiger partial charge in [0.2, 0.25) is 0 Å². The van der Waals surface area contributed by atoms with Gasteiger partial charge < -0.3 is 19.3 Å². The fourth-order valence-electron chi connectivity index (χ4n) is 3.69. The third-order valence-electron chi connectivity index (χ3n) is 5.34. The van der Waals surface area contributed by atoms with Crippen molar-refractivity contribution in [2.45, 2.75) is 13.5 Å². The van der Waals surface area contributed by atoms with Gasteiger partial charge in [-0.1, -0.05) is 11.2 Å². The van der Waals surface area contributed by atoms with Crippen LogP contribution in [0.25, 0.3) is 32.9 Å². The van der Waals surface area contributed by atoms with E-state index in [4.69, 9.17) is 14.0 Å². The lowest BCUT2D eigenvalue weighted by atomic mass is 10.0. The molecular formula is C25H21N5O4S. The molecule has 0 saturated heterocycles. The predicted molar refractivity (Wildman–Crippen MR) is 132 cm³/mol. The number of aromatic nitrogens is 4. The molecule has 0 aliphatic rings. The topological polar surface area (TPSA) is 112 Å². The number of carbonyl (C=O) groups excluding carboxylic acids is 1. The van der Waals surface area contributed by atoms with E-state index >= 15 is 0 Å². The van der Waals surface area contributed by atoms with E-state index in [1.54, 1.807) is 37.7 Å². The van der Waals surface area contributed by atoms with Gasteiger partial charge in [-0.3, -0.25) is 9.78 Å². The molecule has 0 fully saturated rings. The van der Waals surface area contributed by atoms with Gasteiger partial charge in [0, 0.05) is 18.0 Å². The molecule has 0 unspecified atom stereocenters. The highest BCUT2D eigenvalue weighted by Crippen LogP contribution is 2.34. The van der Waals surface area contributed by atoms with Crippen molar-refractivity contribution in [3.63, 3.8) is 0 Å². The molecule has 0 aliphatic carbocycles. The first-order chi connectivity index (χ1) is 17.1. The highest BCUT2D eigenvalue weighted by Gasteiger charge is 2.23. The Kier molecular flexibility index (Phi) is 6.11. The van der Waals surface area contributed by atoms with Gasteiger partial charge >= 0.3 is 0 Å². The van der Waals surface area contributed by atoms with Crippen LogP contribution in [0.2, 0.25) is 0 Å². The SMILES string of the molecule is COc1ccc(CNC(=O)c2cc(-c3cncc(C)c3)nc3onc(-c4cccs4)c23)nc1OC. The summed E-state index contributed by atoms with van der Waals surface area (Å²) in [6.07, 6.45) is 3.46. The van der Waals surface area contributed by atoms with Crippen molar-refractivity contribution in [2.75, 3.05) is 14.2 Å². The van der Waals surface area contributed by atoms with E-state index in [1.807, 2.05) is 30.5 Å². The molecule has 0 saturated carbocycles. The number of fused-ring (bicyclic) bond motifs is 1. The van der Waals surface area contributed by atoms with E-state index in [0.29, 0.717) is 39.7 Å². The molecule has 10 heteroatoms. The largest absolute Gasteiger partial charge is 0.491 e. The molecule has 9 nitrogen and oxygen atoms in total. The lowest BCUT2D eigenvalue weighted by Gasteiger charge is -2.10. The summed E-state index contributed by atoms with van der Waals surface area (Å²) in [7, 11) is 3.06. The van der Waals surface area contributed by atoms with Gasteiger partial charge in [-0.15, -0.1) is 11.3 Å². The summed E-state index contributed by atoms with van der Waals surface area (Å²) in [5.74, 6) is 0.551. The van der Waals surface area contributed by atoms with Crippen molar-refractivity contribution >= 4 is 28.3 Å². The number of rotatable bonds is 7. The molecule has 0 spiro atoms. The third kappa shape index (κ3) is 4.43. The van der Waals surface area contributed by atoms with Gasteiger partial charge in [-0.2, -0.15) is 0 Å². The normalized spacial score (nSPS) is 10.9. The highest BCUT2D eigenvalue weighted by molar-refractivity contribution is 7.13. The molecule has 0 bridgehead atoms. The molecule has 5 aromatic heterocycles. The van der Waals surface area contributed by atoms with E-state index in [-0.39, 0.29) is 18.2 Å². The van der Waals surface area contributed by atoms with Gasteiger partial charge in [-0.05, 0) is 48.2 Å². The summed E-state index contributed by atoms with van der Waals surface area (Å²) in [5, 5.41) is 9.66. The molecule has 0 aliphatic heterocycles. The Hall–Kier alpha value is -4.31. The van der Waals surface area contributed by atoms with E-state index in [1.165, 1.54) is 18.4 Å². The van der Waals surface area contributed by atoms with Gasteiger partial charge in [0.15, 0.2) is 5.75 Å². The first-order valence-corrected chi connectivity index (χ1v) is 11.6. The summed E-state index contributed by atoms with van der Waals surface area (Å²) >= 11 is 1.51. The Morgan fingerprint density at radius 1 is 1.11 bits per heavy atom. The van der Waals surface area contributed by atoms with Crippen LogP contribution in [0, 0.1) is 6.92 Å². The summed E-state index contributed by atoms with van der Waals surface area (Å²) in [6, 6.07) is 11.1. The zero-order valence-corrected chi connectivity index (χ0v) is 20.0. The fraction of sp³-hybridized carbons (Fsp3) is 0.160. The summed E-state index contributed by atoms with van der Waals surface area (Å²) in [4.78, 5) is 27.6. The number of methoxy groups -OCH3 is 2. The summed E-state index contributed by atoms with van der Waals surface area (Å²) in [6.45, 7) is 2.13. The zero-order valence-electron chi connectivity index (χ0n) is 19.2. The number of nitrogens with one attached hydrogen (secondary N) is 1. The average Bonchev–Trinajstić information content (AvgIpc) is 3.56. The lowest BCUT2D eigenvalue weighted by Crippen LogP contribution is -2.24. The quantitative estimate of drug-likeness (QED) is 0.353. The standard InChI is InChI=1S/C25H21N5O4S/c1-14-9-15(12-26-11-14)18-10-17(21-22(20-5-4-8-35-20)30-34-25(21)29-18)23(31)27-13-16-6-7-19(32-2)24(28-16)33-3/h4-12H,13H2,1-3H3,(H,27,31). The molecule has 1 N–H and O–H groups in total. The molecule has 176 valence electrons. The smallest absolute Gasteiger partial charge is 0.259 e. The van der Waals surface area contributed by atoms with Crippen LogP contribution in [0.1, 0.15) is 21.6 Å². The van der Waals surface area contributed by atoms with Gasteiger partial charge in [0.1, 0.15) is 5.69 Å². The number of nitrogens with zero attached hydrogens (tertiary/aromatic N) is 4. The number of ether oxygens (including phenoxy) is 2. The van der Waals surface area contributed by atoms with Crippen LogP contribution < -0.4 is 14.8 Å². The molecular weight excluding hydrogens is 466 g/mol. The van der Waals surface area contributed by atoms with E-state index in [0.717, 1.165) is 16.0 Å². The molecule has 0 aromatic carbocycles. The maximum Gasteiger partial charge on any atom is 0.259 e. The van der Waals surface area contributed by atoms with Crippen LogP contribution in [-0.4, -0.2) is 40.2 Å². The number of hydrogen-bond acceptors (Lipinski definition) is 9. The van der Waals surface area contributed by atoms with Gasteiger partial charge in [-0.25, -0.2) is 9.97 Å². The first kappa shape index (κ1) is 22.5. The molecule has 5 heterocycles. The molecule has 0 radical (unpaired) electrons. The first-order valence-electron chi connectivity index (χ1n) is 10.7. The van der Waals surface area contributed by atoms with Crippen LogP contribution in [0.4, 0.5) is 0 Å². The second kappa shape index (κ2) is 9.51. The summed E-state index contributed by atoms with van der Waals surface area (Å²) in [5.41, 5.74) is 4.19. The summed E-state index contributed by atoms with van der Waals surface area (Å²) < 4.78 is 16.1. The Labute approximate surface area is 204 Å². The Balaban J connectivity index is 1.55. The molecule has 35 heavy (non-hydrogen) atoms. The number of pyridine rings is 3. The fourth-order valence-corrected chi connectivity index (χ4v) is 4.40. The van der Waals surface area contributed by atoms with E-state index < -0.39 is 0 Å².